The zero-order chi connectivity index (χ0) is 10.9. The Balaban J connectivity index is 2.33. The number of hydrogen-bond donors (Lipinski definition) is 0. The Morgan fingerprint density at radius 1 is 1.00 bits per heavy atom. The van der Waals surface area contributed by atoms with Crippen molar-refractivity contribution in [1.29, 1.82) is 0 Å². The Hall–Kier alpha value is -1.06. The highest BCUT2D eigenvalue weighted by molar-refractivity contribution is 5.20. The highest BCUT2D eigenvalue weighted by Gasteiger charge is 2.08. The first-order valence-corrected chi connectivity index (χ1v) is 5.27. The van der Waals surface area contributed by atoms with Gasteiger partial charge in [0.25, 0.3) is 0 Å². The van der Waals surface area contributed by atoms with Gasteiger partial charge in [0.1, 0.15) is 12.4 Å². The van der Waals surface area contributed by atoms with Gasteiger partial charge >= 0.3 is 0 Å². The van der Waals surface area contributed by atoms with Gasteiger partial charge in [-0.25, -0.2) is 0 Å². The van der Waals surface area contributed by atoms with Gasteiger partial charge in [-0.2, -0.15) is 0 Å². The maximum Gasteiger partial charge on any atom is 0.191 e. The quantitative estimate of drug-likeness (QED) is 0.647. The molecule has 1 aromatic carbocycles. The first kappa shape index (κ1) is 12.0. The van der Waals surface area contributed by atoms with Crippen molar-refractivity contribution < 1.29 is 14.2 Å². The number of hydrogen-bond acceptors (Lipinski definition) is 3. The van der Waals surface area contributed by atoms with Gasteiger partial charge in [0.2, 0.25) is 0 Å². The summed E-state index contributed by atoms with van der Waals surface area (Å²) in [6.07, 6.45) is -0.278. The minimum Gasteiger partial charge on any atom is -0.488 e. The average molecular weight is 210 g/mol. The van der Waals surface area contributed by atoms with E-state index in [4.69, 9.17) is 14.2 Å². The molecule has 0 radical (unpaired) electrons. The lowest BCUT2D eigenvalue weighted by Gasteiger charge is -2.17. The van der Waals surface area contributed by atoms with E-state index in [1.807, 2.05) is 44.2 Å². The number of benzene rings is 1. The van der Waals surface area contributed by atoms with Crippen LogP contribution in [0, 0.1) is 0 Å². The second-order valence-corrected chi connectivity index (χ2v) is 2.96. The summed E-state index contributed by atoms with van der Waals surface area (Å²) in [4.78, 5) is 0. The SMILES string of the molecule is CCOC(COc1ccccc1)OCC. The minimum absolute atomic E-state index is 0.278. The lowest BCUT2D eigenvalue weighted by atomic mass is 10.3. The zero-order valence-corrected chi connectivity index (χ0v) is 9.31. The van der Waals surface area contributed by atoms with E-state index >= 15 is 0 Å². The second kappa shape index (κ2) is 7.26. The fraction of sp³-hybridized carbons (Fsp3) is 0.500. The molecule has 3 heteroatoms. The van der Waals surface area contributed by atoms with Crippen LogP contribution in [0.15, 0.2) is 30.3 Å². The van der Waals surface area contributed by atoms with E-state index in [-0.39, 0.29) is 6.29 Å². The molecule has 0 bridgehead atoms. The summed E-state index contributed by atoms with van der Waals surface area (Å²) in [5.74, 6) is 0.835. The molecule has 0 saturated carbocycles. The molecule has 0 fully saturated rings. The molecule has 15 heavy (non-hydrogen) atoms. The molecule has 3 nitrogen and oxygen atoms in total. The Morgan fingerprint density at radius 3 is 2.13 bits per heavy atom. The fourth-order valence-electron chi connectivity index (χ4n) is 1.20. The van der Waals surface area contributed by atoms with Crippen LogP contribution in [0.1, 0.15) is 13.8 Å². The van der Waals surface area contributed by atoms with E-state index in [9.17, 15) is 0 Å². The third-order valence-electron chi connectivity index (χ3n) is 1.83. The smallest absolute Gasteiger partial charge is 0.191 e. The summed E-state index contributed by atoms with van der Waals surface area (Å²) < 4.78 is 16.2. The summed E-state index contributed by atoms with van der Waals surface area (Å²) in [6, 6.07) is 9.65. The maximum atomic E-state index is 5.52. The van der Waals surface area contributed by atoms with Crippen molar-refractivity contribution in [2.45, 2.75) is 20.1 Å². The van der Waals surface area contributed by atoms with Crippen LogP contribution in [-0.2, 0) is 9.47 Å². The van der Waals surface area contributed by atoms with Crippen molar-refractivity contribution >= 4 is 0 Å². The number of ether oxygens (including phenoxy) is 3. The van der Waals surface area contributed by atoms with Crippen LogP contribution in [0.5, 0.6) is 5.75 Å². The van der Waals surface area contributed by atoms with Gasteiger partial charge in [-0.3, -0.25) is 0 Å². The van der Waals surface area contributed by atoms with E-state index in [1.54, 1.807) is 0 Å². The predicted molar refractivity (Wildman–Crippen MR) is 59.0 cm³/mol. The van der Waals surface area contributed by atoms with E-state index in [0.29, 0.717) is 19.8 Å². The van der Waals surface area contributed by atoms with Crippen molar-refractivity contribution in [1.82, 2.24) is 0 Å². The standard InChI is InChI=1S/C12H18O3/c1-3-13-12(14-4-2)10-15-11-8-6-5-7-9-11/h5-9,12H,3-4,10H2,1-2H3. The van der Waals surface area contributed by atoms with Gasteiger partial charge in [0.05, 0.1) is 0 Å². The van der Waals surface area contributed by atoms with Crippen LogP contribution in [0.2, 0.25) is 0 Å². The van der Waals surface area contributed by atoms with Crippen molar-refractivity contribution in [2.75, 3.05) is 19.8 Å². The summed E-state index contributed by atoms with van der Waals surface area (Å²) in [7, 11) is 0. The topological polar surface area (TPSA) is 27.7 Å². The van der Waals surface area contributed by atoms with E-state index < -0.39 is 0 Å². The van der Waals surface area contributed by atoms with E-state index in [1.165, 1.54) is 0 Å². The van der Waals surface area contributed by atoms with Gasteiger partial charge in [-0.15, -0.1) is 0 Å². The predicted octanol–water partition coefficient (Wildman–Crippen LogP) is 2.46. The molecule has 0 aliphatic heterocycles. The van der Waals surface area contributed by atoms with Crippen molar-refractivity contribution in [3.8, 4) is 5.75 Å². The van der Waals surface area contributed by atoms with Crippen LogP contribution >= 0.6 is 0 Å². The highest BCUT2D eigenvalue weighted by atomic mass is 16.7. The first-order valence-electron chi connectivity index (χ1n) is 5.27. The molecule has 0 aromatic heterocycles. The lowest BCUT2D eigenvalue weighted by Crippen LogP contribution is -2.25. The number of para-hydroxylation sites is 1. The van der Waals surface area contributed by atoms with Gasteiger partial charge in [-0.1, -0.05) is 18.2 Å². The van der Waals surface area contributed by atoms with Crippen LogP contribution in [0.3, 0.4) is 0 Å². The molecule has 0 spiro atoms. The summed E-state index contributed by atoms with van der Waals surface area (Å²) in [6.45, 7) is 5.56. The van der Waals surface area contributed by atoms with Crippen LogP contribution in [0.25, 0.3) is 0 Å². The molecule has 0 heterocycles. The van der Waals surface area contributed by atoms with Gasteiger partial charge in [0, 0.05) is 13.2 Å². The molecule has 84 valence electrons. The van der Waals surface area contributed by atoms with Crippen LogP contribution < -0.4 is 4.74 Å². The van der Waals surface area contributed by atoms with Crippen LogP contribution in [-0.4, -0.2) is 26.1 Å². The molecule has 0 N–H and O–H groups in total. The van der Waals surface area contributed by atoms with Gasteiger partial charge in [-0.05, 0) is 26.0 Å². The average Bonchev–Trinajstić information content (AvgIpc) is 2.28. The summed E-state index contributed by atoms with van der Waals surface area (Å²) in [5, 5.41) is 0. The van der Waals surface area contributed by atoms with Crippen molar-refractivity contribution in [2.24, 2.45) is 0 Å². The number of rotatable bonds is 7. The summed E-state index contributed by atoms with van der Waals surface area (Å²) >= 11 is 0. The van der Waals surface area contributed by atoms with E-state index in [2.05, 4.69) is 0 Å². The minimum atomic E-state index is -0.278. The normalized spacial score (nSPS) is 10.6. The molecule has 0 aliphatic carbocycles. The van der Waals surface area contributed by atoms with Crippen molar-refractivity contribution in [3.05, 3.63) is 30.3 Å². The highest BCUT2D eigenvalue weighted by Crippen LogP contribution is 2.09. The Labute approximate surface area is 91.0 Å². The van der Waals surface area contributed by atoms with Gasteiger partial charge < -0.3 is 14.2 Å². The van der Waals surface area contributed by atoms with E-state index in [0.717, 1.165) is 5.75 Å². The first-order chi connectivity index (χ1) is 7.36. The lowest BCUT2D eigenvalue weighted by molar-refractivity contribution is -0.152. The Bertz CT molecular complexity index is 242. The molecule has 0 unspecified atom stereocenters. The molecule has 1 rings (SSSR count). The Kier molecular flexibility index (Phi) is 5.81. The molecular weight excluding hydrogens is 192 g/mol. The molecule has 1 aromatic rings. The second-order valence-electron chi connectivity index (χ2n) is 2.96. The van der Waals surface area contributed by atoms with Crippen LogP contribution in [0.4, 0.5) is 0 Å². The third-order valence-corrected chi connectivity index (χ3v) is 1.83. The van der Waals surface area contributed by atoms with Crippen molar-refractivity contribution in [3.63, 3.8) is 0 Å². The zero-order valence-electron chi connectivity index (χ0n) is 9.31. The molecule has 0 amide bonds. The molecule has 0 aliphatic rings. The molecule has 0 atom stereocenters. The fourth-order valence-corrected chi connectivity index (χ4v) is 1.20. The Morgan fingerprint density at radius 2 is 1.60 bits per heavy atom. The largest absolute Gasteiger partial charge is 0.488 e. The molecule has 0 saturated heterocycles. The molecular formula is C12H18O3. The monoisotopic (exact) mass is 210 g/mol. The summed E-state index contributed by atoms with van der Waals surface area (Å²) in [5.41, 5.74) is 0. The third kappa shape index (κ3) is 4.81. The van der Waals surface area contributed by atoms with Gasteiger partial charge in [0.15, 0.2) is 6.29 Å². The maximum absolute atomic E-state index is 5.52.